The SMILES string of the molecule is CCCCCCCCCC(=O)O[C@H](COC(=O)CCCCCCC)COP(=O)(O)OC[C@H](O)COP(=O)(O)OC[C@@H](COC(=O)CCCCCCCCCCCCCCCCC(C)CC)OC(=O)CCCCCCCCCCCCCCCCCCCCC(C)C. The fourth-order valence-corrected chi connectivity index (χ4v) is 12.5. The summed E-state index contributed by atoms with van der Waals surface area (Å²) in [6.45, 7) is 9.52. The number of aliphatic hydroxyl groups is 1. The second kappa shape index (κ2) is 64.1. The van der Waals surface area contributed by atoms with Gasteiger partial charge >= 0.3 is 39.5 Å². The van der Waals surface area contributed by atoms with E-state index in [9.17, 15) is 43.2 Å². The maximum Gasteiger partial charge on any atom is 0.472 e. The quantitative estimate of drug-likeness (QED) is 0.0222. The Bertz CT molecular complexity index is 1770. The summed E-state index contributed by atoms with van der Waals surface area (Å²) in [6.07, 6.45) is 50.6. The van der Waals surface area contributed by atoms with Crippen LogP contribution in [0.1, 0.15) is 369 Å². The predicted molar refractivity (Wildman–Crippen MR) is 368 cm³/mol. The lowest BCUT2D eigenvalue weighted by atomic mass is 9.99. The van der Waals surface area contributed by atoms with E-state index in [2.05, 4.69) is 41.5 Å². The Balaban J connectivity index is 5.08. The van der Waals surface area contributed by atoms with Crippen molar-refractivity contribution >= 4 is 39.5 Å². The van der Waals surface area contributed by atoms with Crippen molar-refractivity contribution in [3.63, 3.8) is 0 Å². The lowest BCUT2D eigenvalue weighted by Crippen LogP contribution is -2.30. The monoisotopic (exact) mass is 1340 g/mol. The molecule has 91 heavy (non-hydrogen) atoms. The van der Waals surface area contributed by atoms with Crippen LogP contribution in [-0.2, 0) is 65.4 Å². The third kappa shape index (κ3) is 65.1. The van der Waals surface area contributed by atoms with Crippen molar-refractivity contribution in [1.82, 2.24) is 0 Å². The number of carbonyl (C=O) groups excluding carboxylic acids is 4. The summed E-state index contributed by atoms with van der Waals surface area (Å²) < 4.78 is 68.0. The highest BCUT2D eigenvalue weighted by atomic mass is 31.2. The van der Waals surface area contributed by atoms with Gasteiger partial charge in [-0.1, -0.05) is 318 Å². The van der Waals surface area contributed by atoms with Gasteiger partial charge in [0.05, 0.1) is 26.4 Å². The fourth-order valence-electron chi connectivity index (χ4n) is 10.9. The number of phosphoric ester groups is 2. The summed E-state index contributed by atoms with van der Waals surface area (Å²) in [5.41, 5.74) is 0. The topological polar surface area (TPSA) is 237 Å². The third-order valence-electron chi connectivity index (χ3n) is 17.1. The molecule has 6 atom stereocenters. The maximum atomic E-state index is 13.1. The zero-order valence-corrected chi connectivity index (χ0v) is 60.9. The van der Waals surface area contributed by atoms with Gasteiger partial charge in [-0.15, -0.1) is 0 Å². The van der Waals surface area contributed by atoms with Gasteiger partial charge in [0.15, 0.2) is 12.2 Å². The molecule has 0 rings (SSSR count). The Morgan fingerprint density at radius 3 is 0.835 bits per heavy atom. The lowest BCUT2D eigenvalue weighted by molar-refractivity contribution is -0.161. The van der Waals surface area contributed by atoms with Crippen molar-refractivity contribution in [2.75, 3.05) is 39.6 Å². The maximum absolute atomic E-state index is 13.1. The number of rotatable bonds is 71. The van der Waals surface area contributed by atoms with Crippen molar-refractivity contribution in [2.45, 2.75) is 387 Å². The van der Waals surface area contributed by atoms with Gasteiger partial charge < -0.3 is 33.8 Å². The molecule has 0 radical (unpaired) electrons. The molecule has 3 N–H and O–H groups in total. The average Bonchev–Trinajstić information content (AvgIpc) is 2.36. The van der Waals surface area contributed by atoms with Crippen molar-refractivity contribution in [3.05, 3.63) is 0 Å². The number of phosphoric acid groups is 2. The van der Waals surface area contributed by atoms with E-state index in [0.717, 1.165) is 121 Å². The van der Waals surface area contributed by atoms with Crippen LogP contribution in [0.2, 0.25) is 0 Å². The Morgan fingerprint density at radius 2 is 0.560 bits per heavy atom. The first kappa shape index (κ1) is 89.1. The molecule has 0 amide bonds. The number of ether oxygens (including phenoxy) is 4. The Hall–Kier alpha value is -1.94. The lowest BCUT2D eigenvalue weighted by Gasteiger charge is -2.21. The molecule has 0 aromatic rings. The molecule has 3 unspecified atom stereocenters. The highest BCUT2D eigenvalue weighted by Gasteiger charge is 2.30. The highest BCUT2D eigenvalue weighted by Crippen LogP contribution is 2.45. The van der Waals surface area contributed by atoms with Gasteiger partial charge in [-0.2, -0.15) is 0 Å². The van der Waals surface area contributed by atoms with Crippen LogP contribution >= 0.6 is 15.6 Å². The van der Waals surface area contributed by atoms with Crippen LogP contribution in [0, 0.1) is 11.8 Å². The van der Waals surface area contributed by atoms with Gasteiger partial charge in [-0.3, -0.25) is 37.3 Å². The summed E-state index contributed by atoms with van der Waals surface area (Å²) in [6, 6.07) is 0. The van der Waals surface area contributed by atoms with Crippen molar-refractivity contribution in [3.8, 4) is 0 Å². The standard InChI is InChI=1S/C72H140O17P2/c1-7-10-12-14-35-44-50-56-71(76)88-67(60-82-69(74)54-48-40-13-11-8-2)62-86-90(78,79)84-58-66(73)59-85-91(80,81)87-63-68(61-83-70(75)55-49-43-38-33-29-25-22-21-24-28-32-37-42-47-53-65(6)9-3)89-72(77)57-51-45-39-34-30-26-20-18-16-15-17-19-23-27-31-36-41-46-52-64(4)5/h64-68,73H,7-63H2,1-6H3,(H,78,79)(H,80,81)/t65?,66-,67+,68+/m0/s1. The number of carbonyl (C=O) groups is 4. The molecule has 17 nitrogen and oxygen atoms in total. The van der Waals surface area contributed by atoms with Gasteiger partial charge in [0.2, 0.25) is 0 Å². The van der Waals surface area contributed by atoms with Crippen LogP contribution in [0.15, 0.2) is 0 Å². The van der Waals surface area contributed by atoms with Crippen LogP contribution in [-0.4, -0.2) is 96.7 Å². The van der Waals surface area contributed by atoms with E-state index in [-0.39, 0.29) is 25.7 Å². The van der Waals surface area contributed by atoms with Gasteiger partial charge in [0.1, 0.15) is 19.3 Å². The number of aliphatic hydroxyl groups excluding tert-OH is 1. The molecule has 0 heterocycles. The van der Waals surface area contributed by atoms with Crippen molar-refractivity contribution < 1.29 is 80.2 Å². The van der Waals surface area contributed by atoms with Crippen LogP contribution in [0.3, 0.4) is 0 Å². The molecule has 0 aliphatic heterocycles. The number of unbranched alkanes of at least 4 members (excludes halogenated alkanes) is 40. The van der Waals surface area contributed by atoms with Gasteiger partial charge in [-0.05, 0) is 37.5 Å². The molecule has 0 saturated heterocycles. The first-order valence-electron chi connectivity index (χ1n) is 37.5. The van der Waals surface area contributed by atoms with Crippen LogP contribution in [0.4, 0.5) is 0 Å². The van der Waals surface area contributed by atoms with E-state index in [1.807, 2.05) is 0 Å². The molecule has 0 spiro atoms. The first-order chi connectivity index (χ1) is 43.9. The van der Waals surface area contributed by atoms with E-state index in [1.54, 1.807) is 0 Å². The smallest absolute Gasteiger partial charge is 0.462 e. The van der Waals surface area contributed by atoms with Gasteiger partial charge in [-0.25, -0.2) is 9.13 Å². The molecule has 0 saturated carbocycles. The van der Waals surface area contributed by atoms with Crippen LogP contribution in [0.25, 0.3) is 0 Å². The summed E-state index contributed by atoms with van der Waals surface area (Å²) in [5.74, 6) is -0.468. The predicted octanol–water partition coefficient (Wildman–Crippen LogP) is 20.8. The van der Waals surface area contributed by atoms with Crippen molar-refractivity contribution in [1.29, 1.82) is 0 Å². The number of esters is 4. The number of hydrogen-bond acceptors (Lipinski definition) is 15. The van der Waals surface area contributed by atoms with E-state index < -0.39 is 97.5 Å². The zero-order valence-electron chi connectivity index (χ0n) is 59.1. The summed E-state index contributed by atoms with van der Waals surface area (Å²) in [5, 5.41) is 10.5. The van der Waals surface area contributed by atoms with Gasteiger partial charge in [0, 0.05) is 25.7 Å². The summed E-state index contributed by atoms with van der Waals surface area (Å²) in [4.78, 5) is 72.1. The molecule has 0 bridgehead atoms. The molecular weight excluding hydrogens is 1200 g/mol. The molecular formula is C72H140O17P2. The number of hydrogen-bond donors (Lipinski definition) is 3. The van der Waals surface area contributed by atoms with E-state index >= 15 is 0 Å². The molecule has 0 aliphatic carbocycles. The van der Waals surface area contributed by atoms with Crippen molar-refractivity contribution in [2.24, 2.45) is 11.8 Å². The molecule has 0 aromatic carbocycles. The second-order valence-electron chi connectivity index (χ2n) is 26.7. The Labute approximate surface area is 556 Å². The molecule has 0 aliphatic rings. The molecule has 19 heteroatoms. The molecule has 0 fully saturated rings. The van der Waals surface area contributed by atoms with E-state index in [4.69, 9.17) is 37.0 Å². The minimum atomic E-state index is -4.95. The third-order valence-corrected chi connectivity index (χ3v) is 19.0. The molecule has 0 aromatic heterocycles. The second-order valence-corrected chi connectivity index (χ2v) is 29.6. The largest absolute Gasteiger partial charge is 0.472 e. The zero-order chi connectivity index (χ0) is 67.2. The summed E-state index contributed by atoms with van der Waals surface area (Å²) in [7, 11) is -9.88. The molecule has 540 valence electrons. The van der Waals surface area contributed by atoms with Crippen LogP contribution in [0.5, 0.6) is 0 Å². The summed E-state index contributed by atoms with van der Waals surface area (Å²) >= 11 is 0. The first-order valence-corrected chi connectivity index (χ1v) is 40.5. The normalized spacial score (nSPS) is 14.4. The Morgan fingerprint density at radius 1 is 0.319 bits per heavy atom. The van der Waals surface area contributed by atoms with E-state index in [1.165, 1.54) is 167 Å². The average molecular weight is 1340 g/mol. The van der Waals surface area contributed by atoms with Crippen LogP contribution < -0.4 is 0 Å². The Kier molecular flexibility index (Phi) is 62.7. The minimum Gasteiger partial charge on any atom is -0.462 e. The van der Waals surface area contributed by atoms with E-state index in [0.29, 0.717) is 25.7 Å². The fraction of sp³-hybridized carbons (Fsp3) is 0.944. The highest BCUT2D eigenvalue weighted by molar-refractivity contribution is 7.47. The van der Waals surface area contributed by atoms with Gasteiger partial charge in [0.25, 0.3) is 0 Å². The minimum absolute atomic E-state index is 0.103.